The van der Waals surface area contributed by atoms with E-state index in [2.05, 4.69) is 69.7 Å². The van der Waals surface area contributed by atoms with Gasteiger partial charge in [-0.05, 0) is 41.5 Å². The van der Waals surface area contributed by atoms with Crippen molar-refractivity contribution in [1.82, 2.24) is 0 Å². The SMILES string of the molecule is NC(Cc1ccccc1)C(=O)O[PH](=O)OC(=O)OCc1ccccc1.c1ccc(CCc2ccccc2)cc1. The van der Waals surface area contributed by atoms with E-state index in [0.717, 1.165) is 24.0 Å². The summed E-state index contributed by atoms with van der Waals surface area (Å²) in [6.45, 7) is -0.0453. The number of nitrogens with two attached hydrogens (primary N) is 1. The van der Waals surface area contributed by atoms with Crippen LogP contribution < -0.4 is 5.73 Å². The van der Waals surface area contributed by atoms with E-state index in [1.165, 1.54) is 11.1 Å². The monoisotopic (exact) mass is 545 g/mol. The summed E-state index contributed by atoms with van der Waals surface area (Å²) in [5.74, 6) is -0.913. The number of carbonyl (C=O) groups is 2. The van der Waals surface area contributed by atoms with E-state index in [1.54, 1.807) is 36.4 Å². The fraction of sp³-hybridized carbons (Fsp3) is 0.161. The fourth-order valence-electron chi connectivity index (χ4n) is 3.52. The highest BCUT2D eigenvalue weighted by Crippen LogP contribution is 2.25. The minimum absolute atomic E-state index is 0.0453. The topological polar surface area (TPSA) is 105 Å². The summed E-state index contributed by atoms with van der Waals surface area (Å²) in [5.41, 5.74) is 10.1. The van der Waals surface area contributed by atoms with Crippen LogP contribution in [0.5, 0.6) is 0 Å². The van der Waals surface area contributed by atoms with Gasteiger partial charge in [0.1, 0.15) is 12.6 Å². The molecular formula is C31H32NO6P. The number of hydrogen-bond acceptors (Lipinski definition) is 7. The van der Waals surface area contributed by atoms with E-state index < -0.39 is 26.4 Å². The lowest BCUT2D eigenvalue weighted by molar-refractivity contribution is -0.135. The highest BCUT2D eigenvalue weighted by molar-refractivity contribution is 7.34. The summed E-state index contributed by atoms with van der Waals surface area (Å²) < 4.78 is 25.4. The average molecular weight is 546 g/mol. The van der Waals surface area contributed by atoms with Crippen molar-refractivity contribution >= 4 is 20.4 Å². The highest BCUT2D eigenvalue weighted by Gasteiger charge is 2.20. The second-order valence-corrected chi connectivity index (χ2v) is 9.47. The Morgan fingerprint density at radius 3 is 1.49 bits per heavy atom. The van der Waals surface area contributed by atoms with Gasteiger partial charge in [-0.25, -0.2) is 14.2 Å². The molecule has 0 aliphatic carbocycles. The number of ether oxygens (including phenoxy) is 1. The van der Waals surface area contributed by atoms with Gasteiger partial charge in [-0.1, -0.05) is 121 Å². The van der Waals surface area contributed by atoms with Crippen LogP contribution in [0.25, 0.3) is 0 Å². The summed E-state index contributed by atoms with van der Waals surface area (Å²) >= 11 is 0. The molecule has 0 aromatic heterocycles. The first-order chi connectivity index (χ1) is 19.0. The van der Waals surface area contributed by atoms with Gasteiger partial charge in [-0.2, -0.15) is 0 Å². The van der Waals surface area contributed by atoms with Gasteiger partial charge in [0.15, 0.2) is 0 Å². The molecule has 7 nitrogen and oxygen atoms in total. The maximum atomic E-state index is 11.8. The molecule has 0 bridgehead atoms. The van der Waals surface area contributed by atoms with Crippen molar-refractivity contribution in [1.29, 1.82) is 0 Å². The first kappa shape index (κ1) is 29.4. The van der Waals surface area contributed by atoms with Gasteiger partial charge < -0.3 is 19.5 Å². The zero-order valence-corrected chi connectivity index (χ0v) is 22.5. The molecule has 0 aliphatic rings. The molecule has 0 aliphatic heterocycles. The minimum atomic E-state index is -3.38. The van der Waals surface area contributed by atoms with Gasteiger partial charge in [0.05, 0.1) is 0 Å². The highest BCUT2D eigenvalue weighted by atomic mass is 31.1. The van der Waals surface area contributed by atoms with Crippen molar-refractivity contribution in [2.75, 3.05) is 0 Å². The minimum Gasteiger partial charge on any atom is -0.429 e. The van der Waals surface area contributed by atoms with E-state index in [0.29, 0.717) is 0 Å². The number of carbonyl (C=O) groups excluding carboxylic acids is 2. The molecule has 4 rings (SSSR count). The summed E-state index contributed by atoms with van der Waals surface area (Å²) in [6.07, 6.45) is 1.29. The Balaban J connectivity index is 0.000000252. The lowest BCUT2D eigenvalue weighted by Gasteiger charge is -2.11. The molecule has 8 heteroatoms. The molecule has 0 spiro atoms. The normalized spacial score (nSPS) is 11.7. The molecule has 0 saturated heterocycles. The second-order valence-electron chi connectivity index (χ2n) is 8.56. The molecular weight excluding hydrogens is 513 g/mol. The number of hydrogen-bond donors (Lipinski definition) is 1. The molecule has 0 fully saturated rings. The van der Waals surface area contributed by atoms with Crippen LogP contribution in [-0.4, -0.2) is 18.2 Å². The van der Waals surface area contributed by atoms with Crippen LogP contribution in [0.15, 0.2) is 121 Å². The molecule has 4 aromatic carbocycles. The maximum Gasteiger partial charge on any atom is 0.515 e. The Morgan fingerprint density at radius 1 is 0.615 bits per heavy atom. The van der Waals surface area contributed by atoms with E-state index in [1.807, 2.05) is 24.3 Å². The zero-order chi connectivity index (χ0) is 27.7. The van der Waals surface area contributed by atoms with Crippen molar-refractivity contribution in [3.63, 3.8) is 0 Å². The van der Waals surface area contributed by atoms with Gasteiger partial charge in [0.25, 0.3) is 0 Å². The van der Waals surface area contributed by atoms with Crippen LogP contribution in [0.3, 0.4) is 0 Å². The smallest absolute Gasteiger partial charge is 0.429 e. The van der Waals surface area contributed by atoms with Gasteiger partial charge in [-0.15, -0.1) is 0 Å². The molecule has 2 unspecified atom stereocenters. The average Bonchev–Trinajstić information content (AvgIpc) is 2.97. The van der Waals surface area contributed by atoms with Crippen LogP contribution in [0.1, 0.15) is 22.3 Å². The van der Waals surface area contributed by atoms with Crippen molar-refractivity contribution in [3.8, 4) is 0 Å². The van der Waals surface area contributed by atoms with Crippen LogP contribution >= 0.6 is 8.25 Å². The Kier molecular flexibility index (Phi) is 12.5. The third-order valence-electron chi connectivity index (χ3n) is 5.54. The van der Waals surface area contributed by atoms with E-state index in [9.17, 15) is 14.2 Å². The molecule has 2 N–H and O–H groups in total. The van der Waals surface area contributed by atoms with Crippen molar-refractivity contribution in [2.24, 2.45) is 5.73 Å². The lowest BCUT2D eigenvalue weighted by Crippen LogP contribution is -2.33. The summed E-state index contributed by atoms with van der Waals surface area (Å²) in [6, 6.07) is 38.2. The van der Waals surface area contributed by atoms with Gasteiger partial charge in [-0.3, -0.25) is 0 Å². The molecule has 4 aromatic rings. The van der Waals surface area contributed by atoms with Gasteiger partial charge in [0, 0.05) is 0 Å². The fourth-order valence-corrected chi connectivity index (χ4v) is 4.07. The van der Waals surface area contributed by atoms with E-state index >= 15 is 0 Å². The largest absolute Gasteiger partial charge is 0.515 e. The molecule has 202 valence electrons. The predicted molar refractivity (Wildman–Crippen MR) is 151 cm³/mol. The van der Waals surface area contributed by atoms with E-state index in [-0.39, 0.29) is 13.0 Å². The van der Waals surface area contributed by atoms with Crippen LogP contribution in [0.4, 0.5) is 4.79 Å². The third-order valence-corrected chi connectivity index (χ3v) is 6.24. The Labute approximate surface area is 229 Å². The molecule has 0 heterocycles. The molecule has 0 radical (unpaired) electrons. The quantitative estimate of drug-likeness (QED) is 0.184. The molecule has 2 atom stereocenters. The van der Waals surface area contributed by atoms with Gasteiger partial charge in [0.2, 0.25) is 0 Å². The Morgan fingerprint density at radius 2 is 1.03 bits per heavy atom. The summed E-state index contributed by atoms with van der Waals surface area (Å²) in [5, 5.41) is 0. The summed E-state index contributed by atoms with van der Waals surface area (Å²) in [4.78, 5) is 23.2. The first-order valence-electron chi connectivity index (χ1n) is 12.5. The van der Waals surface area contributed by atoms with Gasteiger partial charge >= 0.3 is 20.4 Å². The standard InChI is InChI=1S/C17H18NO6P.C14H14/c18-15(11-13-7-3-1-4-8-13)16(19)23-25(21)24-17(20)22-12-14-9-5-2-6-10-14;1-3-7-13(8-4-1)11-12-14-9-5-2-6-10-14/h1-10,15,25H,11-12,18H2;1-10H,11-12H2. The van der Waals surface area contributed by atoms with Crippen LogP contribution in [0.2, 0.25) is 0 Å². The Hall–Kier alpha value is -4.19. The molecule has 0 amide bonds. The van der Waals surface area contributed by atoms with Crippen molar-refractivity contribution in [2.45, 2.75) is 31.9 Å². The van der Waals surface area contributed by atoms with Crippen LogP contribution in [0, 0.1) is 0 Å². The Bertz CT molecular complexity index is 1250. The predicted octanol–water partition coefficient (Wildman–Crippen LogP) is 6.31. The summed E-state index contributed by atoms with van der Waals surface area (Å²) in [7, 11) is -3.38. The molecule has 0 saturated carbocycles. The third kappa shape index (κ3) is 11.8. The first-order valence-corrected chi connectivity index (χ1v) is 13.7. The van der Waals surface area contributed by atoms with Crippen molar-refractivity contribution in [3.05, 3.63) is 144 Å². The number of benzene rings is 4. The number of aryl methyl sites for hydroxylation is 2. The lowest BCUT2D eigenvalue weighted by atomic mass is 10.0. The zero-order valence-electron chi connectivity index (χ0n) is 21.5. The van der Waals surface area contributed by atoms with Crippen LogP contribution in [-0.2, 0) is 49.0 Å². The molecule has 39 heavy (non-hydrogen) atoms. The van der Waals surface area contributed by atoms with E-state index in [4.69, 9.17) is 10.5 Å². The second kappa shape index (κ2) is 16.6. The van der Waals surface area contributed by atoms with Crippen molar-refractivity contribution < 1.29 is 27.9 Å². The number of rotatable bonds is 10. The maximum absolute atomic E-state index is 11.8.